The number of carbonyl (C=O) groups excluding carboxylic acids is 4. The molecule has 1 saturated heterocycles. The lowest BCUT2D eigenvalue weighted by Gasteiger charge is -2.20. The summed E-state index contributed by atoms with van der Waals surface area (Å²) in [4.78, 5) is 60.3. The Morgan fingerprint density at radius 3 is 2.17 bits per heavy atom. The van der Waals surface area contributed by atoms with E-state index in [9.17, 15) is 29.1 Å². The van der Waals surface area contributed by atoms with E-state index in [0.717, 1.165) is 16.3 Å². The zero-order valence-electron chi connectivity index (χ0n) is 26.9. The van der Waals surface area contributed by atoms with Crippen molar-refractivity contribution in [3.05, 3.63) is 77.4 Å². The van der Waals surface area contributed by atoms with Crippen molar-refractivity contribution in [2.24, 2.45) is 0 Å². The van der Waals surface area contributed by atoms with Crippen molar-refractivity contribution >= 4 is 46.7 Å². The predicted octanol–water partition coefficient (Wildman–Crippen LogP) is 4.71. The number of carboxylic acids is 1. The molecule has 1 heterocycles. The molecule has 2 amide bonds. The number of fused-ring (bicyclic) bond motifs is 1. The summed E-state index contributed by atoms with van der Waals surface area (Å²) < 4.78 is 25.6. The minimum Gasteiger partial charge on any atom is -0.489 e. The molecule has 4 rings (SSSR count). The Morgan fingerprint density at radius 1 is 0.875 bits per heavy atom. The third-order valence-corrected chi connectivity index (χ3v) is 7.35. The summed E-state index contributed by atoms with van der Waals surface area (Å²) in [5, 5.41) is 22.3. The summed E-state index contributed by atoms with van der Waals surface area (Å²) in [6.45, 7) is 5.93. The number of benzene rings is 3. The summed E-state index contributed by atoms with van der Waals surface area (Å²) in [5.41, 5.74) is 1.72. The summed E-state index contributed by atoms with van der Waals surface area (Å²) in [6.07, 6.45) is -3.23. The number of likely N-dealkylation sites (tertiary alicyclic amines) is 1. The van der Waals surface area contributed by atoms with E-state index in [-0.39, 0.29) is 24.9 Å². The molecule has 0 aliphatic carbocycles. The van der Waals surface area contributed by atoms with Gasteiger partial charge in [0.15, 0.2) is 0 Å². The van der Waals surface area contributed by atoms with Gasteiger partial charge in [0.2, 0.25) is 12.6 Å². The van der Waals surface area contributed by atoms with Gasteiger partial charge in [0.1, 0.15) is 17.7 Å². The van der Waals surface area contributed by atoms with Crippen LogP contribution in [0.15, 0.2) is 60.7 Å². The van der Waals surface area contributed by atoms with Crippen LogP contribution in [0.4, 0.5) is 9.59 Å². The molecular formula is C34H37N3O11. The van der Waals surface area contributed by atoms with Crippen molar-refractivity contribution in [1.82, 2.24) is 10.2 Å². The van der Waals surface area contributed by atoms with Crippen molar-refractivity contribution in [2.75, 3.05) is 13.1 Å². The molecule has 0 saturated carbocycles. The van der Waals surface area contributed by atoms with Gasteiger partial charge in [0, 0.05) is 46.2 Å². The van der Waals surface area contributed by atoms with Crippen molar-refractivity contribution in [2.45, 2.75) is 65.1 Å². The Morgan fingerprint density at radius 2 is 1.52 bits per heavy atom. The third-order valence-electron chi connectivity index (χ3n) is 7.35. The van der Waals surface area contributed by atoms with Crippen LogP contribution in [0.5, 0.6) is 5.75 Å². The number of nitrogens with one attached hydrogen (secondary N) is 2. The maximum Gasteiger partial charge on any atom is 0.415 e. The molecule has 254 valence electrons. The largest absolute Gasteiger partial charge is 0.489 e. The summed E-state index contributed by atoms with van der Waals surface area (Å²) >= 11 is 0. The highest BCUT2D eigenvalue weighted by Gasteiger charge is 2.30. The number of alkyl carbamates (subject to hydrolysis) is 1. The van der Waals surface area contributed by atoms with Gasteiger partial charge in [-0.05, 0) is 46.5 Å². The van der Waals surface area contributed by atoms with Crippen molar-refractivity contribution in [3.8, 4) is 5.75 Å². The van der Waals surface area contributed by atoms with E-state index in [2.05, 4.69) is 5.32 Å². The highest BCUT2D eigenvalue weighted by molar-refractivity contribution is 6.06. The molecule has 3 aromatic carbocycles. The number of esters is 2. The van der Waals surface area contributed by atoms with Gasteiger partial charge in [-0.15, -0.1) is 0 Å². The molecule has 3 aromatic rings. The molecule has 1 fully saturated rings. The lowest BCUT2D eigenvalue weighted by molar-refractivity contribution is -0.164. The average molecular weight is 664 g/mol. The van der Waals surface area contributed by atoms with Gasteiger partial charge >= 0.3 is 30.1 Å². The number of carboxylic acid groups (broad SMARTS) is 1. The molecule has 3 N–H and O–H groups in total. The number of ether oxygens (including phenoxy) is 5. The van der Waals surface area contributed by atoms with Crippen molar-refractivity contribution in [3.63, 3.8) is 0 Å². The second-order valence-corrected chi connectivity index (χ2v) is 11.2. The number of carbonyl (C=O) groups is 5. The van der Waals surface area contributed by atoms with E-state index >= 15 is 0 Å². The Kier molecular flexibility index (Phi) is 11.6. The zero-order chi connectivity index (χ0) is 35.0. The molecule has 48 heavy (non-hydrogen) atoms. The highest BCUT2D eigenvalue weighted by Crippen LogP contribution is 2.27. The standard InChI is InChI=1S/C34H37N3O11/c1-19(38)44-21(3)46-33(42)36-31(35)26-8-7-24-6-5-23(15-27(24)17-26)16-30(32(40)41)25-9-11-28(12-10-25)48-29-13-14-37(18-29)34(43)47-22(4)45-20(2)39/h5-12,15,17,21-22,29-30H,13-14,16,18H2,1-4H3,(H,40,41)(H2,35,36,42)/t21?,22?,29-,30-/m0/s1. The first-order valence-electron chi connectivity index (χ1n) is 15.2. The first kappa shape index (κ1) is 35.2. The van der Waals surface area contributed by atoms with Gasteiger partial charge in [-0.2, -0.15) is 0 Å². The Hall–Kier alpha value is -5.66. The fourth-order valence-electron chi connectivity index (χ4n) is 5.21. The average Bonchev–Trinajstić information content (AvgIpc) is 3.47. The number of nitrogens with zero attached hydrogens (tertiary/aromatic N) is 1. The molecule has 14 nitrogen and oxygen atoms in total. The normalized spacial score (nSPS) is 15.8. The molecule has 1 aliphatic heterocycles. The molecule has 4 atom stereocenters. The van der Waals surface area contributed by atoms with Crippen LogP contribution >= 0.6 is 0 Å². The quantitative estimate of drug-likeness (QED) is 0.111. The first-order valence-corrected chi connectivity index (χ1v) is 15.2. The predicted molar refractivity (Wildman–Crippen MR) is 170 cm³/mol. The van der Waals surface area contributed by atoms with Crippen LogP contribution in [0.1, 0.15) is 56.7 Å². The van der Waals surface area contributed by atoms with Gasteiger partial charge in [0.25, 0.3) is 0 Å². The fourth-order valence-corrected chi connectivity index (χ4v) is 5.21. The Labute approximate surface area is 276 Å². The monoisotopic (exact) mass is 663 g/mol. The second kappa shape index (κ2) is 15.8. The van der Waals surface area contributed by atoms with Crippen LogP contribution in [0.2, 0.25) is 0 Å². The van der Waals surface area contributed by atoms with Crippen LogP contribution in [0, 0.1) is 5.41 Å². The molecule has 2 unspecified atom stereocenters. The van der Waals surface area contributed by atoms with Gasteiger partial charge in [-0.1, -0.05) is 42.5 Å². The maximum atomic E-state index is 12.3. The molecule has 0 aromatic heterocycles. The maximum absolute atomic E-state index is 12.3. The van der Waals surface area contributed by atoms with Crippen molar-refractivity contribution < 1.29 is 52.8 Å². The van der Waals surface area contributed by atoms with E-state index < -0.39 is 48.6 Å². The number of rotatable bonds is 11. The SMILES string of the molecule is CC(=O)OC(C)OC(=O)NC(=N)c1ccc2ccc(C[C@H](C(=O)O)c3ccc(O[C@H]4CCN(C(=O)OC(C)OC(C)=O)C4)cc3)cc2c1. The fraction of sp³-hybridized carbons (Fsp3) is 0.353. The minimum absolute atomic E-state index is 0.192. The molecule has 1 aliphatic rings. The molecule has 0 radical (unpaired) electrons. The van der Waals surface area contributed by atoms with E-state index in [1.54, 1.807) is 42.5 Å². The van der Waals surface area contributed by atoms with Gasteiger partial charge < -0.3 is 33.7 Å². The van der Waals surface area contributed by atoms with Gasteiger partial charge in [-0.3, -0.25) is 25.1 Å². The summed E-state index contributed by atoms with van der Waals surface area (Å²) in [6, 6.07) is 17.5. The highest BCUT2D eigenvalue weighted by atomic mass is 16.7. The van der Waals surface area contributed by atoms with Crippen LogP contribution in [-0.4, -0.2) is 77.7 Å². The minimum atomic E-state index is -1.12. The van der Waals surface area contributed by atoms with E-state index in [1.165, 1.54) is 32.6 Å². The topological polar surface area (TPSA) is 191 Å². The lowest BCUT2D eigenvalue weighted by Crippen LogP contribution is -2.34. The van der Waals surface area contributed by atoms with Crippen LogP contribution in [0.25, 0.3) is 10.8 Å². The third kappa shape index (κ3) is 9.92. The van der Waals surface area contributed by atoms with Crippen LogP contribution in [-0.2, 0) is 39.8 Å². The molecular weight excluding hydrogens is 626 g/mol. The first-order chi connectivity index (χ1) is 22.8. The van der Waals surface area contributed by atoms with Crippen LogP contribution in [0.3, 0.4) is 0 Å². The molecule has 0 spiro atoms. The number of aliphatic carboxylic acids is 1. The second-order valence-electron chi connectivity index (χ2n) is 11.2. The smallest absolute Gasteiger partial charge is 0.415 e. The summed E-state index contributed by atoms with van der Waals surface area (Å²) in [5.74, 6) is -2.73. The van der Waals surface area contributed by atoms with E-state index in [4.69, 9.17) is 29.1 Å². The van der Waals surface area contributed by atoms with Crippen LogP contribution < -0.4 is 10.1 Å². The number of amidine groups is 1. The Balaban J connectivity index is 1.37. The van der Waals surface area contributed by atoms with Gasteiger partial charge in [-0.25, -0.2) is 9.59 Å². The molecule has 0 bridgehead atoms. The van der Waals surface area contributed by atoms with Gasteiger partial charge in [0.05, 0.1) is 12.5 Å². The number of hydrogen-bond acceptors (Lipinski definition) is 11. The molecule has 14 heteroatoms. The van der Waals surface area contributed by atoms with E-state index in [0.29, 0.717) is 29.8 Å². The summed E-state index contributed by atoms with van der Waals surface area (Å²) in [7, 11) is 0. The zero-order valence-corrected chi connectivity index (χ0v) is 26.9. The Bertz CT molecular complexity index is 1690. The number of amides is 2. The van der Waals surface area contributed by atoms with Crippen molar-refractivity contribution in [1.29, 1.82) is 5.41 Å². The lowest BCUT2D eigenvalue weighted by atomic mass is 9.91. The van der Waals surface area contributed by atoms with E-state index in [1.807, 2.05) is 18.2 Å². The number of hydrogen-bond donors (Lipinski definition) is 3.